The Hall–Kier alpha value is -3.31. The third-order valence-corrected chi connectivity index (χ3v) is 7.05. The Balaban J connectivity index is 1.58. The zero-order chi connectivity index (χ0) is 23.2. The Kier molecular flexibility index (Phi) is 5.47. The second-order valence-electron chi connectivity index (χ2n) is 7.49. The molecule has 0 saturated heterocycles. The van der Waals surface area contributed by atoms with Crippen LogP contribution in [0, 0.1) is 13.8 Å². The second-order valence-corrected chi connectivity index (χ2v) is 10.4. The van der Waals surface area contributed by atoms with Gasteiger partial charge in [0, 0.05) is 30.7 Å². The molecule has 0 fully saturated rings. The number of benzene rings is 1. The number of fused-ring (bicyclic) bond motifs is 1. The van der Waals surface area contributed by atoms with Crippen molar-refractivity contribution < 1.29 is 13.2 Å². The van der Waals surface area contributed by atoms with Crippen LogP contribution in [0.15, 0.2) is 35.7 Å². The SMILES string of the molecule is Cc1cc(C(=O)Nc2nc(-c3ccc(N(C)S(C)(=O)=O)cc3)cs2)c2c(C)nn(C)c2n1. The monoisotopic (exact) mass is 470 g/mol. The van der Waals surface area contributed by atoms with E-state index in [0.29, 0.717) is 27.7 Å². The first-order chi connectivity index (χ1) is 15.0. The first kappa shape index (κ1) is 21.9. The highest BCUT2D eigenvalue weighted by molar-refractivity contribution is 7.92. The lowest BCUT2D eigenvalue weighted by Crippen LogP contribution is -2.24. The van der Waals surface area contributed by atoms with Crippen molar-refractivity contribution in [2.75, 3.05) is 22.9 Å². The van der Waals surface area contributed by atoms with E-state index < -0.39 is 10.0 Å². The molecule has 0 aliphatic carbocycles. The van der Waals surface area contributed by atoms with Crippen LogP contribution in [0.5, 0.6) is 0 Å². The number of nitrogens with zero attached hydrogens (tertiary/aromatic N) is 5. The number of nitrogens with one attached hydrogen (secondary N) is 1. The average molecular weight is 471 g/mol. The number of amides is 1. The smallest absolute Gasteiger partial charge is 0.258 e. The number of carbonyl (C=O) groups excluding carboxylic acids is 1. The van der Waals surface area contributed by atoms with Crippen molar-refractivity contribution in [3.8, 4) is 11.3 Å². The number of sulfonamides is 1. The van der Waals surface area contributed by atoms with Gasteiger partial charge in [-0.3, -0.25) is 19.1 Å². The van der Waals surface area contributed by atoms with E-state index in [1.807, 2.05) is 19.2 Å². The van der Waals surface area contributed by atoms with Gasteiger partial charge >= 0.3 is 0 Å². The van der Waals surface area contributed by atoms with Gasteiger partial charge in [-0.2, -0.15) is 5.10 Å². The quantitative estimate of drug-likeness (QED) is 0.479. The average Bonchev–Trinajstić information content (AvgIpc) is 3.30. The first-order valence-electron chi connectivity index (χ1n) is 9.67. The molecule has 9 nitrogen and oxygen atoms in total. The van der Waals surface area contributed by atoms with Crippen LogP contribution in [-0.2, 0) is 17.1 Å². The Morgan fingerprint density at radius 1 is 1.16 bits per heavy atom. The fourth-order valence-electron chi connectivity index (χ4n) is 3.41. The lowest BCUT2D eigenvalue weighted by molar-refractivity contribution is 0.102. The number of rotatable bonds is 5. The van der Waals surface area contributed by atoms with Gasteiger partial charge in [0.15, 0.2) is 10.8 Å². The Morgan fingerprint density at radius 2 is 1.84 bits per heavy atom. The Labute approximate surface area is 189 Å². The number of aromatic nitrogens is 4. The zero-order valence-electron chi connectivity index (χ0n) is 18.2. The van der Waals surface area contributed by atoms with Gasteiger partial charge in [0.05, 0.1) is 34.3 Å². The Morgan fingerprint density at radius 3 is 2.50 bits per heavy atom. The van der Waals surface area contributed by atoms with Crippen molar-refractivity contribution in [3.05, 3.63) is 52.7 Å². The third-order valence-electron chi connectivity index (χ3n) is 5.09. The lowest BCUT2D eigenvalue weighted by atomic mass is 10.1. The number of aryl methyl sites for hydroxylation is 3. The molecule has 3 heterocycles. The summed E-state index contributed by atoms with van der Waals surface area (Å²) in [5, 5.41) is 10.3. The Bertz CT molecular complexity index is 1440. The van der Waals surface area contributed by atoms with Gasteiger partial charge in [0.1, 0.15) is 0 Å². The van der Waals surface area contributed by atoms with Crippen LogP contribution in [0.3, 0.4) is 0 Å². The largest absolute Gasteiger partial charge is 0.298 e. The molecular formula is C21H22N6O3S2. The maximum absolute atomic E-state index is 13.0. The molecule has 0 atom stereocenters. The van der Waals surface area contributed by atoms with Gasteiger partial charge in [0.2, 0.25) is 10.0 Å². The standard InChI is InChI=1S/C21H22N6O3S2/c1-12-10-16(18-13(2)25-26(3)19(18)22-12)20(28)24-21-23-17(11-31-21)14-6-8-15(9-7-14)27(4)32(5,29)30/h6-11H,1-5H3,(H,23,24,28). The molecule has 0 aliphatic rings. The van der Waals surface area contributed by atoms with Crippen molar-refractivity contribution in [3.63, 3.8) is 0 Å². The molecule has 166 valence electrons. The van der Waals surface area contributed by atoms with Gasteiger partial charge in [0.25, 0.3) is 5.91 Å². The fraction of sp³-hybridized carbons (Fsp3) is 0.238. The van der Waals surface area contributed by atoms with E-state index in [4.69, 9.17) is 0 Å². The number of hydrogen-bond acceptors (Lipinski definition) is 7. The molecule has 1 amide bonds. The van der Waals surface area contributed by atoms with E-state index in [9.17, 15) is 13.2 Å². The summed E-state index contributed by atoms with van der Waals surface area (Å²) in [6.45, 7) is 3.69. The summed E-state index contributed by atoms with van der Waals surface area (Å²) in [7, 11) is -0.0240. The topological polar surface area (TPSA) is 110 Å². The molecule has 0 unspecified atom stereocenters. The zero-order valence-corrected chi connectivity index (χ0v) is 19.9. The van der Waals surface area contributed by atoms with E-state index in [1.54, 1.807) is 42.1 Å². The molecule has 4 rings (SSSR count). The summed E-state index contributed by atoms with van der Waals surface area (Å²) < 4.78 is 26.3. The normalized spacial score (nSPS) is 11.7. The summed E-state index contributed by atoms with van der Waals surface area (Å²) >= 11 is 1.32. The van der Waals surface area contributed by atoms with Gasteiger partial charge < -0.3 is 0 Å². The highest BCUT2D eigenvalue weighted by atomic mass is 32.2. The van der Waals surface area contributed by atoms with Crippen LogP contribution < -0.4 is 9.62 Å². The predicted molar refractivity (Wildman–Crippen MR) is 127 cm³/mol. The summed E-state index contributed by atoms with van der Waals surface area (Å²) in [6.07, 6.45) is 1.15. The molecule has 1 aromatic carbocycles. The molecule has 0 bridgehead atoms. The van der Waals surface area contributed by atoms with Crippen LogP contribution in [0.2, 0.25) is 0 Å². The van der Waals surface area contributed by atoms with Gasteiger partial charge in [-0.15, -0.1) is 11.3 Å². The number of thiazole rings is 1. The molecule has 1 N–H and O–H groups in total. The molecule has 0 radical (unpaired) electrons. The minimum Gasteiger partial charge on any atom is -0.298 e. The van der Waals surface area contributed by atoms with Gasteiger partial charge in [-0.1, -0.05) is 12.1 Å². The number of anilines is 2. The van der Waals surface area contributed by atoms with Crippen LogP contribution >= 0.6 is 11.3 Å². The summed E-state index contributed by atoms with van der Waals surface area (Å²) in [4.78, 5) is 22.0. The van der Waals surface area contributed by atoms with E-state index in [-0.39, 0.29) is 5.91 Å². The summed E-state index contributed by atoms with van der Waals surface area (Å²) in [5.41, 5.74) is 4.69. The second kappa shape index (κ2) is 7.99. The van der Waals surface area contributed by atoms with Crippen molar-refractivity contribution in [2.24, 2.45) is 7.05 Å². The number of hydrogen-bond donors (Lipinski definition) is 1. The molecule has 0 aliphatic heterocycles. The summed E-state index contributed by atoms with van der Waals surface area (Å²) in [6, 6.07) is 8.78. The molecule has 0 spiro atoms. The molecule has 4 aromatic rings. The third kappa shape index (κ3) is 4.08. The van der Waals surface area contributed by atoms with Gasteiger partial charge in [-0.25, -0.2) is 18.4 Å². The maximum atomic E-state index is 13.0. The molecule has 11 heteroatoms. The van der Waals surface area contributed by atoms with Crippen LogP contribution in [0.25, 0.3) is 22.3 Å². The molecule has 32 heavy (non-hydrogen) atoms. The van der Waals surface area contributed by atoms with E-state index in [1.165, 1.54) is 22.7 Å². The molecular weight excluding hydrogens is 448 g/mol. The van der Waals surface area contributed by atoms with E-state index >= 15 is 0 Å². The lowest BCUT2D eigenvalue weighted by Gasteiger charge is -2.16. The van der Waals surface area contributed by atoms with Crippen molar-refractivity contribution in [1.29, 1.82) is 0 Å². The van der Waals surface area contributed by atoms with Crippen molar-refractivity contribution >= 4 is 49.1 Å². The number of pyridine rings is 1. The first-order valence-corrected chi connectivity index (χ1v) is 12.4. The molecule has 3 aromatic heterocycles. The van der Waals surface area contributed by atoms with Crippen LogP contribution in [0.1, 0.15) is 21.7 Å². The number of carbonyl (C=O) groups is 1. The minimum absolute atomic E-state index is 0.275. The highest BCUT2D eigenvalue weighted by Crippen LogP contribution is 2.28. The summed E-state index contributed by atoms with van der Waals surface area (Å²) in [5.74, 6) is -0.275. The fourth-order valence-corrected chi connectivity index (χ4v) is 4.63. The van der Waals surface area contributed by atoms with Crippen LogP contribution in [0.4, 0.5) is 10.8 Å². The van der Waals surface area contributed by atoms with E-state index in [2.05, 4.69) is 20.4 Å². The maximum Gasteiger partial charge on any atom is 0.258 e. The highest BCUT2D eigenvalue weighted by Gasteiger charge is 2.19. The van der Waals surface area contributed by atoms with Gasteiger partial charge in [-0.05, 0) is 32.0 Å². The minimum atomic E-state index is -3.33. The van der Waals surface area contributed by atoms with Crippen molar-refractivity contribution in [2.45, 2.75) is 13.8 Å². The van der Waals surface area contributed by atoms with Crippen LogP contribution in [-0.4, -0.2) is 47.4 Å². The predicted octanol–water partition coefficient (Wildman–Crippen LogP) is 3.36. The van der Waals surface area contributed by atoms with Crippen molar-refractivity contribution in [1.82, 2.24) is 19.7 Å². The molecule has 0 saturated carbocycles. The van der Waals surface area contributed by atoms with E-state index in [0.717, 1.165) is 28.6 Å².